The van der Waals surface area contributed by atoms with Gasteiger partial charge in [-0.15, -0.1) is 0 Å². The molecule has 0 spiro atoms. The van der Waals surface area contributed by atoms with Crippen LogP contribution in [0.25, 0.3) is 0 Å². The fraction of sp³-hybridized carbons (Fsp3) is 0.406. The minimum absolute atomic E-state index is 0.0108. The predicted molar refractivity (Wildman–Crippen MR) is 161 cm³/mol. The zero-order chi connectivity index (χ0) is 31.8. The van der Waals surface area contributed by atoms with Crippen molar-refractivity contribution in [3.63, 3.8) is 0 Å². The third-order valence-electron chi connectivity index (χ3n) is 6.66. The van der Waals surface area contributed by atoms with Crippen molar-refractivity contribution >= 4 is 17.4 Å². The van der Waals surface area contributed by atoms with Crippen molar-refractivity contribution in [2.45, 2.75) is 51.2 Å². The number of aliphatic hydroxyl groups is 2. The van der Waals surface area contributed by atoms with E-state index < -0.39 is 23.9 Å². The van der Waals surface area contributed by atoms with Gasteiger partial charge >= 0.3 is 12.2 Å². The van der Waals surface area contributed by atoms with Crippen LogP contribution in [0.4, 0.5) is 29.3 Å². The quantitative estimate of drug-likeness (QED) is 0.0968. The summed E-state index contributed by atoms with van der Waals surface area (Å²) < 4.78 is 49.9. The molecule has 3 aromatic rings. The van der Waals surface area contributed by atoms with Gasteiger partial charge in [-0.2, -0.15) is 13.2 Å². The van der Waals surface area contributed by atoms with Crippen LogP contribution in [0.1, 0.15) is 54.0 Å². The molecule has 0 heterocycles. The number of halogens is 3. The maximum Gasteiger partial charge on any atom is 0.416 e. The predicted octanol–water partition coefficient (Wildman–Crippen LogP) is 5.96. The largest absolute Gasteiger partial charge is 0.508 e. The average Bonchev–Trinajstić information content (AvgIpc) is 2.99. The van der Waals surface area contributed by atoms with E-state index in [0.717, 1.165) is 49.9 Å². The Kier molecular flexibility index (Phi) is 14.4. The maximum atomic E-state index is 12.9. The number of anilines is 2. The summed E-state index contributed by atoms with van der Waals surface area (Å²) in [5.74, 6) is 0.0108. The van der Waals surface area contributed by atoms with Crippen LogP contribution >= 0.6 is 0 Å². The van der Waals surface area contributed by atoms with E-state index in [4.69, 9.17) is 9.47 Å². The lowest BCUT2D eigenvalue weighted by atomic mass is 10.1. The van der Waals surface area contributed by atoms with Crippen LogP contribution in [0.3, 0.4) is 0 Å². The third-order valence-corrected chi connectivity index (χ3v) is 6.66. The molecule has 0 bridgehead atoms. The van der Waals surface area contributed by atoms with Gasteiger partial charge < -0.3 is 40.7 Å². The molecule has 44 heavy (non-hydrogen) atoms. The van der Waals surface area contributed by atoms with Crippen LogP contribution in [-0.4, -0.2) is 54.3 Å². The molecule has 0 aliphatic carbocycles. The molecule has 1 atom stereocenters. The molecule has 3 aromatic carbocycles. The van der Waals surface area contributed by atoms with Crippen molar-refractivity contribution in [1.29, 1.82) is 0 Å². The number of carbonyl (C=O) groups is 1. The number of rotatable bonds is 18. The highest BCUT2D eigenvalue weighted by atomic mass is 19.4. The Morgan fingerprint density at radius 1 is 0.841 bits per heavy atom. The second-order valence-corrected chi connectivity index (χ2v) is 10.2. The lowest BCUT2D eigenvalue weighted by Crippen LogP contribution is -2.22. The van der Waals surface area contributed by atoms with Crippen LogP contribution < -0.4 is 16.0 Å². The number of nitrogens with one attached hydrogen (secondary N) is 3. The number of carbonyl (C=O) groups excluding carboxylic acids is 1. The smallest absolute Gasteiger partial charge is 0.416 e. The number of urea groups is 1. The van der Waals surface area contributed by atoms with Crippen molar-refractivity contribution in [3.05, 3.63) is 89.0 Å². The zero-order valence-electron chi connectivity index (χ0n) is 24.4. The highest BCUT2D eigenvalue weighted by Gasteiger charge is 2.30. The number of hydrogen-bond donors (Lipinski definition) is 6. The van der Waals surface area contributed by atoms with E-state index in [1.165, 1.54) is 18.2 Å². The molecule has 3 rings (SSSR count). The van der Waals surface area contributed by atoms with Gasteiger partial charge in [0.05, 0.1) is 38.1 Å². The van der Waals surface area contributed by atoms with E-state index in [-0.39, 0.29) is 18.0 Å². The number of alkyl halides is 3. The maximum absolute atomic E-state index is 12.9. The van der Waals surface area contributed by atoms with Crippen molar-refractivity contribution in [2.24, 2.45) is 0 Å². The highest BCUT2D eigenvalue weighted by molar-refractivity contribution is 5.99. The Hall–Kier alpha value is -3.68. The summed E-state index contributed by atoms with van der Waals surface area (Å²) in [6.07, 6.45) is -1.28. The summed E-state index contributed by atoms with van der Waals surface area (Å²) in [6, 6.07) is 15.5. The standard InChI is InChI=1S/C32H40F3N3O6/c33-32(34,35)26-8-6-10-28(19-26)38-31(42)37-27-9-5-7-23(17-27)22-44-16-15-43-14-4-2-1-3-13-36-20-30(41)24-11-12-29(40)25(18-24)21-39/h5-12,17-19,30,36,39-41H,1-4,13-16,20-22H2,(H2,37,38,42)/t30-/m0/s1. The van der Waals surface area contributed by atoms with Gasteiger partial charge in [0, 0.05) is 30.1 Å². The van der Waals surface area contributed by atoms with Crippen molar-refractivity contribution < 1.29 is 42.8 Å². The summed E-state index contributed by atoms with van der Waals surface area (Å²) in [7, 11) is 0. The number of amides is 2. The molecule has 0 saturated carbocycles. The van der Waals surface area contributed by atoms with Gasteiger partial charge in [0.25, 0.3) is 0 Å². The van der Waals surface area contributed by atoms with Gasteiger partial charge in [0.15, 0.2) is 0 Å². The van der Waals surface area contributed by atoms with Gasteiger partial charge in [0.2, 0.25) is 0 Å². The van der Waals surface area contributed by atoms with Crippen LogP contribution in [-0.2, 0) is 28.9 Å². The Bertz CT molecular complexity index is 1310. The number of hydrogen-bond acceptors (Lipinski definition) is 7. The first-order valence-electron chi connectivity index (χ1n) is 14.5. The van der Waals surface area contributed by atoms with Crippen LogP contribution in [0.5, 0.6) is 5.75 Å². The first kappa shape index (κ1) is 34.8. The summed E-state index contributed by atoms with van der Waals surface area (Å²) >= 11 is 0. The second-order valence-electron chi connectivity index (χ2n) is 10.2. The first-order valence-corrected chi connectivity index (χ1v) is 14.5. The average molecular weight is 620 g/mol. The Morgan fingerprint density at radius 3 is 2.30 bits per heavy atom. The van der Waals surface area contributed by atoms with Crippen LogP contribution in [0.2, 0.25) is 0 Å². The Labute approximate surface area is 255 Å². The molecule has 0 aliphatic heterocycles. The van der Waals surface area contributed by atoms with E-state index in [1.54, 1.807) is 30.3 Å². The molecule has 0 unspecified atom stereocenters. The molecule has 240 valence electrons. The van der Waals surface area contributed by atoms with E-state index in [2.05, 4.69) is 16.0 Å². The number of phenols is 1. The minimum Gasteiger partial charge on any atom is -0.508 e. The molecule has 0 radical (unpaired) electrons. The van der Waals surface area contributed by atoms with Gasteiger partial charge in [-0.3, -0.25) is 0 Å². The molecule has 6 N–H and O–H groups in total. The molecule has 2 amide bonds. The summed E-state index contributed by atoms with van der Waals surface area (Å²) in [6.45, 7) is 2.67. The number of unbranched alkanes of at least 4 members (excludes halogenated alkanes) is 3. The first-order chi connectivity index (χ1) is 21.2. The fourth-order valence-corrected chi connectivity index (χ4v) is 4.32. The molecular weight excluding hydrogens is 579 g/mol. The van der Waals surface area contributed by atoms with Crippen molar-refractivity contribution in [3.8, 4) is 5.75 Å². The molecule has 0 aliphatic rings. The van der Waals surface area contributed by atoms with Gasteiger partial charge in [0.1, 0.15) is 5.75 Å². The fourth-order valence-electron chi connectivity index (χ4n) is 4.32. The minimum atomic E-state index is -4.50. The molecule has 12 heteroatoms. The monoisotopic (exact) mass is 619 g/mol. The molecular formula is C32H40F3N3O6. The summed E-state index contributed by atoms with van der Waals surface area (Å²) in [4.78, 5) is 12.3. The van der Waals surface area contributed by atoms with E-state index in [9.17, 15) is 33.3 Å². The topological polar surface area (TPSA) is 132 Å². The van der Waals surface area contributed by atoms with Crippen molar-refractivity contribution in [1.82, 2.24) is 5.32 Å². The SMILES string of the molecule is O=C(Nc1cccc(COCCOCCCCCCNC[C@H](O)c2ccc(O)c(CO)c2)c1)Nc1cccc(C(F)(F)F)c1. The Morgan fingerprint density at radius 2 is 1.55 bits per heavy atom. The molecule has 0 aromatic heterocycles. The molecule has 0 fully saturated rings. The lowest BCUT2D eigenvalue weighted by molar-refractivity contribution is -0.137. The number of aliphatic hydroxyl groups excluding tert-OH is 2. The second kappa shape index (κ2) is 18.2. The van der Waals surface area contributed by atoms with E-state index >= 15 is 0 Å². The van der Waals surface area contributed by atoms with Crippen LogP contribution in [0, 0.1) is 0 Å². The molecule has 9 nitrogen and oxygen atoms in total. The Balaban J connectivity index is 1.19. The third kappa shape index (κ3) is 12.5. The van der Waals surface area contributed by atoms with Gasteiger partial charge in [-0.25, -0.2) is 4.79 Å². The van der Waals surface area contributed by atoms with E-state index in [1.807, 2.05) is 6.07 Å². The summed E-state index contributed by atoms with van der Waals surface area (Å²) in [5, 5.41) is 37.4. The highest BCUT2D eigenvalue weighted by Crippen LogP contribution is 2.30. The van der Waals surface area contributed by atoms with Gasteiger partial charge in [-0.05, 0) is 73.0 Å². The van der Waals surface area contributed by atoms with E-state index in [0.29, 0.717) is 49.8 Å². The van der Waals surface area contributed by atoms with Crippen molar-refractivity contribution in [2.75, 3.05) is 43.5 Å². The van der Waals surface area contributed by atoms with Crippen LogP contribution in [0.15, 0.2) is 66.7 Å². The molecule has 0 saturated heterocycles. The normalized spacial score (nSPS) is 12.2. The lowest BCUT2D eigenvalue weighted by Gasteiger charge is -2.14. The summed E-state index contributed by atoms with van der Waals surface area (Å²) in [5.41, 5.74) is 1.52. The number of aromatic hydroxyl groups is 1. The zero-order valence-corrected chi connectivity index (χ0v) is 24.4. The number of benzene rings is 3. The van der Waals surface area contributed by atoms with Gasteiger partial charge in [-0.1, -0.05) is 37.1 Å². The number of ether oxygens (including phenoxy) is 2.